The highest BCUT2D eigenvalue weighted by molar-refractivity contribution is 5.78. The summed E-state index contributed by atoms with van der Waals surface area (Å²) in [7, 11) is 0. The van der Waals surface area contributed by atoms with Gasteiger partial charge in [-0.1, -0.05) is 6.92 Å². The van der Waals surface area contributed by atoms with Crippen LogP contribution in [0.25, 0.3) is 0 Å². The summed E-state index contributed by atoms with van der Waals surface area (Å²) in [5.41, 5.74) is 0. The van der Waals surface area contributed by atoms with Crippen LogP contribution < -0.4 is 5.32 Å². The Kier molecular flexibility index (Phi) is 6.17. The molecule has 1 aromatic rings. The molecule has 8 heteroatoms. The zero-order valence-electron chi connectivity index (χ0n) is 14.3. The maximum Gasteiger partial charge on any atom is 0.234 e. The third-order valence-corrected chi connectivity index (χ3v) is 4.43. The maximum absolute atomic E-state index is 12.2. The van der Waals surface area contributed by atoms with Crippen molar-refractivity contribution in [2.45, 2.75) is 44.8 Å². The predicted molar refractivity (Wildman–Crippen MR) is 87.5 cm³/mol. The molecule has 2 N–H and O–H groups in total. The lowest BCUT2D eigenvalue weighted by atomic mass is 10.1. The lowest BCUT2D eigenvalue weighted by molar-refractivity contribution is -0.125. The largest absolute Gasteiger partial charge is 0.381 e. The Labute approximate surface area is 142 Å². The van der Waals surface area contributed by atoms with Crippen LogP contribution in [-0.2, 0) is 20.7 Å². The molecule has 3 heterocycles. The Bertz CT molecular complexity index is 530. The molecule has 1 aromatic heterocycles. The van der Waals surface area contributed by atoms with Gasteiger partial charge in [0.25, 0.3) is 0 Å². The average molecular weight is 337 g/mol. The van der Waals surface area contributed by atoms with Gasteiger partial charge in [-0.15, -0.1) is 0 Å². The molecule has 0 aromatic carbocycles. The molecule has 2 aliphatic rings. The van der Waals surface area contributed by atoms with Crippen molar-refractivity contribution in [3.05, 3.63) is 11.6 Å². The third kappa shape index (κ3) is 4.75. The highest BCUT2D eigenvalue weighted by atomic mass is 16.5. The van der Waals surface area contributed by atoms with E-state index in [1.807, 2.05) is 0 Å². The molecule has 0 spiro atoms. The Morgan fingerprint density at radius 2 is 2.21 bits per heavy atom. The summed E-state index contributed by atoms with van der Waals surface area (Å²) in [6.07, 6.45) is 3.54. The Morgan fingerprint density at radius 1 is 1.38 bits per heavy atom. The summed E-state index contributed by atoms with van der Waals surface area (Å²) in [5.74, 6) is 1.66. The molecular weight excluding hydrogens is 310 g/mol. The predicted octanol–water partition coefficient (Wildman–Crippen LogP) is 0.426. The van der Waals surface area contributed by atoms with Crippen molar-refractivity contribution in [3.8, 4) is 0 Å². The van der Waals surface area contributed by atoms with E-state index >= 15 is 0 Å². The second kappa shape index (κ2) is 8.55. The first-order valence-corrected chi connectivity index (χ1v) is 8.87. The molecule has 1 amide bonds. The first-order valence-electron chi connectivity index (χ1n) is 8.87. The number of hydrogen-bond donors (Lipinski definition) is 2. The number of rotatable bonds is 6. The fraction of sp³-hybridized carbons (Fsp3) is 0.812. The third-order valence-electron chi connectivity index (χ3n) is 4.43. The fourth-order valence-electron chi connectivity index (χ4n) is 3.12. The summed E-state index contributed by atoms with van der Waals surface area (Å²) in [6.45, 7) is 5.95. The first-order chi connectivity index (χ1) is 11.7. The van der Waals surface area contributed by atoms with Gasteiger partial charge in [0.05, 0.1) is 13.2 Å². The molecule has 2 aliphatic heterocycles. The number of aromatic nitrogens is 3. The number of aryl methyl sites for hydroxylation is 1. The van der Waals surface area contributed by atoms with Crippen molar-refractivity contribution < 1.29 is 14.3 Å². The molecule has 0 saturated carbocycles. The number of hydrogen-bond acceptors (Lipinski definition) is 6. The number of carbonyl (C=O) groups excluding carboxylic acids is 1. The summed E-state index contributed by atoms with van der Waals surface area (Å²) in [4.78, 5) is 18.8. The van der Waals surface area contributed by atoms with Crippen LogP contribution in [-0.4, -0.2) is 71.5 Å². The first kappa shape index (κ1) is 17.3. The maximum atomic E-state index is 12.2. The van der Waals surface area contributed by atoms with E-state index in [0.29, 0.717) is 25.5 Å². The van der Waals surface area contributed by atoms with Gasteiger partial charge in [-0.25, -0.2) is 4.98 Å². The number of carbonyl (C=O) groups is 1. The number of aromatic amines is 1. The quantitative estimate of drug-likeness (QED) is 0.782. The number of amides is 1. The molecule has 0 aliphatic carbocycles. The number of ether oxygens (including phenoxy) is 2. The molecule has 134 valence electrons. The van der Waals surface area contributed by atoms with E-state index in [2.05, 4.69) is 32.3 Å². The number of nitrogens with one attached hydrogen (secondary N) is 2. The van der Waals surface area contributed by atoms with E-state index in [0.717, 1.165) is 51.3 Å². The van der Waals surface area contributed by atoms with Crippen LogP contribution in [0.3, 0.4) is 0 Å². The van der Waals surface area contributed by atoms with Gasteiger partial charge in [0, 0.05) is 38.8 Å². The van der Waals surface area contributed by atoms with Crippen LogP contribution in [0.4, 0.5) is 0 Å². The lowest BCUT2D eigenvalue weighted by Crippen LogP contribution is -2.47. The van der Waals surface area contributed by atoms with Crippen molar-refractivity contribution in [1.82, 2.24) is 25.4 Å². The standard InChI is InChI=1S/C16H27N5O3/c1-2-3-14-18-16(20-19-14)13-10-21(6-9-24-13)11-15(22)17-12-4-7-23-8-5-12/h12-13H,2-11H2,1H3,(H,17,22)(H,18,19,20)/t13-/m0/s1. The van der Waals surface area contributed by atoms with E-state index in [1.165, 1.54) is 0 Å². The highest BCUT2D eigenvalue weighted by Crippen LogP contribution is 2.19. The highest BCUT2D eigenvalue weighted by Gasteiger charge is 2.27. The van der Waals surface area contributed by atoms with Gasteiger partial charge in [0.15, 0.2) is 5.82 Å². The zero-order valence-corrected chi connectivity index (χ0v) is 14.3. The van der Waals surface area contributed by atoms with E-state index in [4.69, 9.17) is 9.47 Å². The van der Waals surface area contributed by atoms with Crippen LogP contribution in [0.15, 0.2) is 0 Å². The van der Waals surface area contributed by atoms with Crippen LogP contribution in [0, 0.1) is 0 Å². The molecule has 2 saturated heterocycles. The molecule has 0 bridgehead atoms. The van der Waals surface area contributed by atoms with Gasteiger partial charge < -0.3 is 14.8 Å². The number of morpholine rings is 1. The summed E-state index contributed by atoms with van der Waals surface area (Å²) >= 11 is 0. The van der Waals surface area contributed by atoms with Crippen molar-refractivity contribution in [1.29, 1.82) is 0 Å². The molecule has 0 radical (unpaired) electrons. The SMILES string of the molecule is CCCc1nc([C@@H]2CN(CC(=O)NC3CCOCC3)CCO2)n[nH]1. The second-order valence-electron chi connectivity index (χ2n) is 6.44. The Hall–Kier alpha value is -1.51. The minimum atomic E-state index is -0.170. The van der Waals surface area contributed by atoms with Gasteiger partial charge in [-0.2, -0.15) is 5.10 Å². The van der Waals surface area contributed by atoms with Crippen LogP contribution in [0.5, 0.6) is 0 Å². The number of nitrogens with zero attached hydrogens (tertiary/aromatic N) is 3. The summed E-state index contributed by atoms with van der Waals surface area (Å²) < 4.78 is 11.1. The lowest BCUT2D eigenvalue weighted by Gasteiger charge is -2.31. The summed E-state index contributed by atoms with van der Waals surface area (Å²) in [6, 6.07) is 0.243. The van der Waals surface area contributed by atoms with Gasteiger partial charge in [0.2, 0.25) is 5.91 Å². The molecule has 2 fully saturated rings. The molecule has 0 unspecified atom stereocenters. The monoisotopic (exact) mass is 337 g/mol. The van der Waals surface area contributed by atoms with Gasteiger partial charge in [-0.05, 0) is 19.3 Å². The summed E-state index contributed by atoms with van der Waals surface area (Å²) in [5, 5.41) is 10.3. The van der Waals surface area contributed by atoms with E-state index in [1.54, 1.807) is 0 Å². The molecule has 3 rings (SSSR count). The van der Waals surface area contributed by atoms with Crippen molar-refractivity contribution in [2.75, 3.05) is 39.5 Å². The topological polar surface area (TPSA) is 92.4 Å². The van der Waals surface area contributed by atoms with Gasteiger partial charge in [0.1, 0.15) is 11.9 Å². The van der Waals surface area contributed by atoms with Crippen LogP contribution in [0.1, 0.15) is 43.9 Å². The Morgan fingerprint density at radius 3 is 3.00 bits per heavy atom. The minimum absolute atomic E-state index is 0.0733. The van der Waals surface area contributed by atoms with Crippen molar-refractivity contribution in [3.63, 3.8) is 0 Å². The van der Waals surface area contributed by atoms with Crippen LogP contribution >= 0.6 is 0 Å². The van der Waals surface area contributed by atoms with Gasteiger partial charge in [-0.3, -0.25) is 14.8 Å². The normalized spacial score (nSPS) is 23.3. The van der Waals surface area contributed by atoms with Crippen molar-refractivity contribution in [2.24, 2.45) is 0 Å². The molecule has 8 nitrogen and oxygen atoms in total. The van der Waals surface area contributed by atoms with E-state index < -0.39 is 0 Å². The molecular formula is C16H27N5O3. The second-order valence-corrected chi connectivity index (χ2v) is 6.44. The average Bonchev–Trinajstić information content (AvgIpc) is 3.05. The van der Waals surface area contributed by atoms with E-state index in [-0.39, 0.29) is 18.1 Å². The number of H-pyrrole nitrogens is 1. The smallest absolute Gasteiger partial charge is 0.234 e. The Balaban J connectivity index is 1.48. The van der Waals surface area contributed by atoms with Gasteiger partial charge >= 0.3 is 0 Å². The van der Waals surface area contributed by atoms with Crippen LogP contribution in [0.2, 0.25) is 0 Å². The molecule has 24 heavy (non-hydrogen) atoms. The molecule has 1 atom stereocenters. The minimum Gasteiger partial charge on any atom is -0.381 e. The zero-order chi connectivity index (χ0) is 16.8. The van der Waals surface area contributed by atoms with E-state index in [9.17, 15) is 4.79 Å². The fourth-order valence-corrected chi connectivity index (χ4v) is 3.12. The van der Waals surface area contributed by atoms with Crippen molar-refractivity contribution >= 4 is 5.91 Å².